The molecule has 0 aliphatic carbocycles. The van der Waals surface area contributed by atoms with Crippen LogP contribution in [0.4, 0.5) is 5.69 Å². The fourth-order valence-electron chi connectivity index (χ4n) is 2.18. The van der Waals surface area contributed by atoms with Crippen LogP contribution in [0, 0.1) is 6.92 Å². The Hall–Kier alpha value is -3.28. The Balaban J connectivity index is 1.86. The third-order valence-electron chi connectivity index (χ3n) is 3.48. The van der Waals surface area contributed by atoms with Gasteiger partial charge in [0.1, 0.15) is 11.4 Å². The van der Waals surface area contributed by atoms with Crippen molar-refractivity contribution < 1.29 is 9.53 Å². The normalized spacial score (nSPS) is 10.2. The van der Waals surface area contributed by atoms with Gasteiger partial charge in [0.2, 0.25) is 0 Å². The predicted molar refractivity (Wildman–Crippen MR) is 90.9 cm³/mol. The highest BCUT2D eigenvalue weighted by atomic mass is 16.5. The third kappa shape index (κ3) is 3.38. The highest BCUT2D eigenvalue weighted by Crippen LogP contribution is 2.18. The van der Waals surface area contributed by atoms with E-state index in [2.05, 4.69) is 20.3 Å². The van der Waals surface area contributed by atoms with Gasteiger partial charge >= 0.3 is 0 Å². The molecule has 24 heavy (non-hydrogen) atoms. The standard InChI is InChI=1S/C18H16N4O2/c1-12-17(18(23)21-14-5-7-15(24-2)8-6-14)22-16(11-20-12)13-4-3-9-19-10-13/h3-11H,1-2H3,(H,21,23). The summed E-state index contributed by atoms with van der Waals surface area (Å²) in [5.74, 6) is 0.415. The average Bonchev–Trinajstić information content (AvgIpc) is 2.63. The Labute approximate surface area is 139 Å². The van der Waals surface area contributed by atoms with Crippen LogP contribution in [-0.4, -0.2) is 28.0 Å². The molecule has 0 saturated carbocycles. The molecule has 0 spiro atoms. The van der Waals surface area contributed by atoms with Crippen LogP contribution in [0.5, 0.6) is 5.75 Å². The van der Waals surface area contributed by atoms with E-state index in [1.54, 1.807) is 56.9 Å². The summed E-state index contributed by atoms with van der Waals surface area (Å²) in [7, 11) is 1.59. The van der Waals surface area contributed by atoms with Crippen molar-refractivity contribution in [1.29, 1.82) is 0 Å². The molecule has 3 rings (SSSR count). The smallest absolute Gasteiger partial charge is 0.276 e. The van der Waals surface area contributed by atoms with Gasteiger partial charge in [-0.2, -0.15) is 0 Å². The summed E-state index contributed by atoms with van der Waals surface area (Å²) < 4.78 is 5.10. The van der Waals surface area contributed by atoms with Crippen molar-refractivity contribution in [2.45, 2.75) is 6.92 Å². The molecule has 6 nitrogen and oxygen atoms in total. The minimum absolute atomic E-state index is 0.284. The number of aromatic nitrogens is 3. The minimum atomic E-state index is -0.309. The van der Waals surface area contributed by atoms with Gasteiger partial charge in [0, 0.05) is 23.6 Å². The maximum Gasteiger partial charge on any atom is 0.276 e. The van der Waals surface area contributed by atoms with Crippen molar-refractivity contribution in [2.75, 3.05) is 12.4 Å². The molecule has 2 heterocycles. The van der Waals surface area contributed by atoms with E-state index in [1.807, 2.05) is 12.1 Å². The Morgan fingerprint density at radius 1 is 1.12 bits per heavy atom. The Bertz CT molecular complexity index is 849. The second kappa shape index (κ2) is 6.87. The van der Waals surface area contributed by atoms with Gasteiger partial charge in [-0.1, -0.05) is 0 Å². The minimum Gasteiger partial charge on any atom is -0.497 e. The van der Waals surface area contributed by atoms with Crippen LogP contribution in [0.15, 0.2) is 55.0 Å². The molecule has 3 aromatic rings. The number of nitrogens with one attached hydrogen (secondary N) is 1. The molecule has 1 aromatic carbocycles. The fraction of sp³-hybridized carbons (Fsp3) is 0.111. The number of methoxy groups -OCH3 is 1. The van der Waals surface area contributed by atoms with Gasteiger partial charge in [0.25, 0.3) is 5.91 Å². The Kier molecular flexibility index (Phi) is 4.47. The summed E-state index contributed by atoms with van der Waals surface area (Å²) in [5.41, 5.74) is 2.92. The molecule has 0 radical (unpaired) electrons. The first-order valence-electron chi connectivity index (χ1n) is 7.37. The van der Waals surface area contributed by atoms with Crippen LogP contribution in [0.2, 0.25) is 0 Å². The summed E-state index contributed by atoms with van der Waals surface area (Å²) in [6.07, 6.45) is 5.00. The molecule has 0 unspecified atom stereocenters. The summed E-state index contributed by atoms with van der Waals surface area (Å²) in [6, 6.07) is 10.8. The van der Waals surface area contributed by atoms with E-state index in [1.165, 1.54) is 0 Å². The zero-order chi connectivity index (χ0) is 16.9. The van der Waals surface area contributed by atoms with Crippen LogP contribution in [0.25, 0.3) is 11.3 Å². The van der Waals surface area contributed by atoms with Gasteiger partial charge in [-0.05, 0) is 43.3 Å². The largest absolute Gasteiger partial charge is 0.497 e. The van der Waals surface area contributed by atoms with E-state index in [9.17, 15) is 4.79 Å². The molecule has 0 fully saturated rings. The van der Waals surface area contributed by atoms with Crippen molar-refractivity contribution in [2.24, 2.45) is 0 Å². The third-order valence-corrected chi connectivity index (χ3v) is 3.48. The molecule has 120 valence electrons. The number of aryl methyl sites for hydroxylation is 1. The van der Waals surface area contributed by atoms with Crippen molar-refractivity contribution in [3.8, 4) is 17.0 Å². The lowest BCUT2D eigenvalue weighted by atomic mass is 10.2. The second-order valence-corrected chi connectivity index (χ2v) is 5.11. The zero-order valence-electron chi connectivity index (χ0n) is 13.4. The number of pyridine rings is 1. The molecule has 0 bridgehead atoms. The summed E-state index contributed by atoms with van der Waals surface area (Å²) in [6.45, 7) is 1.75. The van der Waals surface area contributed by atoms with Crippen molar-refractivity contribution in [3.63, 3.8) is 0 Å². The number of carbonyl (C=O) groups is 1. The lowest BCUT2D eigenvalue weighted by Crippen LogP contribution is -2.16. The predicted octanol–water partition coefficient (Wildman–Crippen LogP) is 3.11. The summed E-state index contributed by atoms with van der Waals surface area (Å²) >= 11 is 0. The van der Waals surface area contributed by atoms with Gasteiger partial charge in [-0.3, -0.25) is 14.8 Å². The van der Waals surface area contributed by atoms with Crippen molar-refractivity contribution in [1.82, 2.24) is 15.0 Å². The molecular weight excluding hydrogens is 304 g/mol. The van der Waals surface area contributed by atoms with Crippen LogP contribution >= 0.6 is 0 Å². The molecule has 2 aromatic heterocycles. The van der Waals surface area contributed by atoms with Crippen LogP contribution < -0.4 is 10.1 Å². The maximum absolute atomic E-state index is 12.5. The van der Waals surface area contributed by atoms with Crippen LogP contribution in [0.3, 0.4) is 0 Å². The quantitative estimate of drug-likeness (QED) is 0.799. The lowest BCUT2D eigenvalue weighted by molar-refractivity contribution is 0.102. The number of nitrogens with zero attached hydrogens (tertiary/aromatic N) is 3. The Morgan fingerprint density at radius 3 is 2.58 bits per heavy atom. The number of ether oxygens (including phenoxy) is 1. The van der Waals surface area contributed by atoms with E-state index in [0.717, 1.165) is 11.3 Å². The number of carbonyl (C=O) groups excluding carboxylic acids is 1. The summed E-state index contributed by atoms with van der Waals surface area (Å²) in [4.78, 5) is 25.3. The highest BCUT2D eigenvalue weighted by Gasteiger charge is 2.14. The first-order valence-corrected chi connectivity index (χ1v) is 7.37. The molecular formula is C18H16N4O2. The number of benzene rings is 1. The number of rotatable bonds is 4. The van der Waals surface area contributed by atoms with Gasteiger partial charge in [0.05, 0.1) is 24.7 Å². The lowest BCUT2D eigenvalue weighted by Gasteiger charge is -2.09. The van der Waals surface area contributed by atoms with Crippen molar-refractivity contribution >= 4 is 11.6 Å². The second-order valence-electron chi connectivity index (χ2n) is 5.11. The van der Waals surface area contributed by atoms with Crippen LogP contribution in [-0.2, 0) is 0 Å². The molecule has 0 atom stereocenters. The molecule has 0 aliphatic rings. The maximum atomic E-state index is 12.5. The SMILES string of the molecule is COc1ccc(NC(=O)c2nc(-c3cccnc3)cnc2C)cc1. The van der Waals surface area contributed by atoms with Gasteiger partial charge in [-0.15, -0.1) is 0 Å². The zero-order valence-corrected chi connectivity index (χ0v) is 13.4. The average molecular weight is 320 g/mol. The van der Waals surface area contributed by atoms with E-state index < -0.39 is 0 Å². The first kappa shape index (κ1) is 15.6. The van der Waals surface area contributed by atoms with Gasteiger partial charge < -0.3 is 10.1 Å². The van der Waals surface area contributed by atoms with E-state index in [4.69, 9.17) is 4.74 Å². The molecule has 0 saturated heterocycles. The van der Waals surface area contributed by atoms with E-state index in [0.29, 0.717) is 17.1 Å². The fourth-order valence-corrected chi connectivity index (χ4v) is 2.18. The number of hydrogen-bond acceptors (Lipinski definition) is 5. The van der Waals surface area contributed by atoms with Gasteiger partial charge in [0.15, 0.2) is 0 Å². The van der Waals surface area contributed by atoms with Crippen molar-refractivity contribution in [3.05, 3.63) is 66.4 Å². The topological polar surface area (TPSA) is 77.0 Å². The molecule has 1 N–H and O–H groups in total. The van der Waals surface area contributed by atoms with Gasteiger partial charge in [-0.25, -0.2) is 4.98 Å². The van der Waals surface area contributed by atoms with E-state index >= 15 is 0 Å². The molecule has 0 aliphatic heterocycles. The molecule has 6 heteroatoms. The highest BCUT2D eigenvalue weighted by molar-refractivity contribution is 6.03. The van der Waals surface area contributed by atoms with E-state index in [-0.39, 0.29) is 11.6 Å². The first-order chi connectivity index (χ1) is 11.7. The van der Waals surface area contributed by atoms with Crippen LogP contribution in [0.1, 0.15) is 16.2 Å². The summed E-state index contributed by atoms with van der Waals surface area (Å²) in [5, 5.41) is 2.82. The number of amides is 1. The monoisotopic (exact) mass is 320 g/mol. The Morgan fingerprint density at radius 2 is 1.92 bits per heavy atom. The number of anilines is 1. The number of hydrogen-bond donors (Lipinski definition) is 1. The molecule has 1 amide bonds.